The van der Waals surface area contributed by atoms with Gasteiger partial charge in [0.25, 0.3) is 0 Å². The molecule has 4 rings (SSSR count). The largest absolute Gasteiger partial charge is 0.352 e. The van der Waals surface area contributed by atoms with Crippen molar-refractivity contribution in [2.75, 3.05) is 0 Å². The molecule has 0 spiro atoms. The van der Waals surface area contributed by atoms with Gasteiger partial charge in [0.2, 0.25) is 5.91 Å². The SMILES string of the molecule is O=C(CCc1cn2ccccc2n1)NCc1cn[nH]c1-c1ccc(F)cc1. The van der Waals surface area contributed by atoms with Crippen LogP contribution in [0.15, 0.2) is 61.1 Å². The van der Waals surface area contributed by atoms with E-state index in [9.17, 15) is 9.18 Å². The Bertz CT molecular complexity index is 1030. The van der Waals surface area contributed by atoms with E-state index in [4.69, 9.17) is 0 Å². The van der Waals surface area contributed by atoms with Gasteiger partial charge in [0.05, 0.1) is 17.6 Å². The zero-order valence-corrected chi connectivity index (χ0v) is 14.5. The van der Waals surface area contributed by atoms with Gasteiger partial charge in [0.1, 0.15) is 11.5 Å². The van der Waals surface area contributed by atoms with Crippen molar-refractivity contribution in [2.45, 2.75) is 19.4 Å². The van der Waals surface area contributed by atoms with Crippen molar-refractivity contribution < 1.29 is 9.18 Å². The number of rotatable bonds is 6. The molecule has 3 aromatic heterocycles. The van der Waals surface area contributed by atoms with Crippen LogP contribution in [0.25, 0.3) is 16.9 Å². The van der Waals surface area contributed by atoms with E-state index in [-0.39, 0.29) is 11.7 Å². The molecule has 0 radical (unpaired) electrons. The predicted molar refractivity (Wildman–Crippen MR) is 99.3 cm³/mol. The number of nitrogens with zero attached hydrogens (tertiary/aromatic N) is 3. The zero-order valence-electron chi connectivity index (χ0n) is 14.5. The maximum absolute atomic E-state index is 13.1. The molecule has 0 bridgehead atoms. The molecule has 27 heavy (non-hydrogen) atoms. The first-order valence-corrected chi connectivity index (χ1v) is 8.66. The first kappa shape index (κ1) is 17.0. The topological polar surface area (TPSA) is 75.1 Å². The first-order chi connectivity index (χ1) is 13.2. The van der Waals surface area contributed by atoms with E-state index in [1.165, 1.54) is 12.1 Å². The van der Waals surface area contributed by atoms with Gasteiger partial charge < -0.3 is 9.72 Å². The third-order valence-electron chi connectivity index (χ3n) is 4.35. The van der Waals surface area contributed by atoms with Crippen molar-refractivity contribution in [2.24, 2.45) is 0 Å². The van der Waals surface area contributed by atoms with E-state index in [2.05, 4.69) is 20.5 Å². The van der Waals surface area contributed by atoms with Gasteiger partial charge in [-0.25, -0.2) is 9.37 Å². The van der Waals surface area contributed by atoms with Crippen LogP contribution in [-0.2, 0) is 17.8 Å². The molecule has 3 heterocycles. The molecule has 0 saturated heterocycles. The van der Waals surface area contributed by atoms with Crippen LogP contribution >= 0.6 is 0 Å². The Labute approximate surface area is 155 Å². The second-order valence-electron chi connectivity index (χ2n) is 6.25. The summed E-state index contributed by atoms with van der Waals surface area (Å²) in [5, 5.41) is 9.84. The number of fused-ring (bicyclic) bond motifs is 1. The molecule has 6 nitrogen and oxygen atoms in total. The number of aromatic nitrogens is 4. The molecule has 0 fully saturated rings. The van der Waals surface area contributed by atoms with Crippen molar-refractivity contribution in [3.63, 3.8) is 0 Å². The number of imidazole rings is 1. The average Bonchev–Trinajstić information content (AvgIpc) is 3.31. The van der Waals surface area contributed by atoms with E-state index in [0.717, 1.165) is 28.2 Å². The lowest BCUT2D eigenvalue weighted by atomic mass is 10.1. The quantitative estimate of drug-likeness (QED) is 0.553. The number of hydrogen-bond acceptors (Lipinski definition) is 3. The molecule has 0 aliphatic carbocycles. The van der Waals surface area contributed by atoms with Gasteiger partial charge in [-0.15, -0.1) is 0 Å². The molecule has 4 aromatic rings. The number of halogens is 1. The molecule has 1 aromatic carbocycles. The maximum atomic E-state index is 13.1. The lowest BCUT2D eigenvalue weighted by Crippen LogP contribution is -2.23. The minimum absolute atomic E-state index is 0.0571. The summed E-state index contributed by atoms with van der Waals surface area (Å²) in [5.41, 5.74) is 4.20. The molecular formula is C20H18FN5O. The number of H-pyrrole nitrogens is 1. The molecule has 0 saturated carbocycles. The third kappa shape index (κ3) is 3.87. The number of aromatic amines is 1. The number of aryl methyl sites for hydroxylation is 1. The van der Waals surface area contributed by atoms with E-state index >= 15 is 0 Å². The van der Waals surface area contributed by atoms with Crippen molar-refractivity contribution in [1.29, 1.82) is 0 Å². The molecule has 0 atom stereocenters. The second kappa shape index (κ2) is 7.41. The van der Waals surface area contributed by atoms with Crippen molar-refractivity contribution >= 4 is 11.6 Å². The number of carbonyl (C=O) groups is 1. The summed E-state index contributed by atoms with van der Waals surface area (Å²) in [6, 6.07) is 12.0. The van der Waals surface area contributed by atoms with E-state index in [0.29, 0.717) is 19.4 Å². The summed E-state index contributed by atoms with van der Waals surface area (Å²) >= 11 is 0. The highest BCUT2D eigenvalue weighted by Gasteiger charge is 2.10. The first-order valence-electron chi connectivity index (χ1n) is 8.66. The number of benzene rings is 1. The van der Waals surface area contributed by atoms with Crippen LogP contribution in [0.5, 0.6) is 0 Å². The summed E-state index contributed by atoms with van der Waals surface area (Å²) in [6.45, 7) is 0.354. The van der Waals surface area contributed by atoms with Crippen LogP contribution in [-0.4, -0.2) is 25.5 Å². The summed E-state index contributed by atoms with van der Waals surface area (Å²) in [6.07, 6.45) is 6.46. The Balaban J connectivity index is 1.34. The van der Waals surface area contributed by atoms with Gasteiger partial charge in [-0.2, -0.15) is 5.10 Å². The predicted octanol–water partition coefficient (Wildman–Crippen LogP) is 3.11. The molecule has 7 heteroatoms. The van der Waals surface area contributed by atoms with Crippen molar-refractivity contribution in [1.82, 2.24) is 24.9 Å². The highest BCUT2D eigenvalue weighted by Crippen LogP contribution is 2.21. The fourth-order valence-electron chi connectivity index (χ4n) is 2.94. The number of nitrogens with one attached hydrogen (secondary N) is 2. The standard InChI is InChI=1S/C20H18FN5O/c21-16-6-4-14(5-7-16)20-15(12-23-25-20)11-22-19(27)9-8-17-13-26-10-2-1-3-18(26)24-17/h1-7,10,12-13H,8-9,11H2,(H,22,27)(H,23,25). The minimum atomic E-state index is -0.292. The van der Waals surface area contributed by atoms with Gasteiger partial charge in [0, 0.05) is 36.5 Å². The van der Waals surface area contributed by atoms with Crippen LogP contribution < -0.4 is 5.32 Å². The molecule has 2 N–H and O–H groups in total. The Morgan fingerprint density at radius 2 is 2.04 bits per heavy atom. The number of carbonyl (C=O) groups excluding carboxylic acids is 1. The summed E-state index contributed by atoms with van der Waals surface area (Å²) in [7, 11) is 0. The maximum Gasteiger partial charge on any atom is 0.220 e. The third-order valence-corrected chi connectivity index (χ3v) is 4.35. The second-order valence-corrected chi connectivity index (χ2v) is 6.25. The van der Waals surface area contributed by atoms with Crippen LogP contribution in [0.1, 0.15) is 17.7 Å². The Morgan fingerprint density at radius 3 is 2.85 bits per heavy atom. The normalized spacial score (nSPS) is 11.0. The Hall–Kier alpha value is -3.48. The van der Waals surface area contributed by atoms with Gasteiger partial charge in [-0.3, -0.25) is 9.89 Å². The lowest BCUT2D eigenvalue weighted by Gasteiger charge is -2.06. The molecule has 0 aliphatic heterocycles. The van der Waals surface area contributed by atoms with Gasteiger partial charge in [-0.05, 0) is 42.8 Å². The van der Waals surface area contributed by atoms with Crippen LogP contribution in [0.4, 0.5) is 4.39 Å². The van der Waals surface area contributed by atoms with Gasteiger partial charge >= 0.3 is 0 Å². The number of hydrogen-bond donors (Lipinski definition) is 2. The zero-order chi connectivity index (χ0) is 18.6. The van der Waals surface area contributed by atoms with Crippen LogP contribution in [0, 0.1) is 5.82 Å². The molecule has 1 amide bonds. The summed E-state index contributed by atoms with van der Waals surface area (Å²) in [5.74, 6) is -0.349. The van der Waals surface area contributed by atoms with E-state index < -0.39 is 0 Å². The molecule has 0 aliphatic rings. The van der Waals surface area contributed by atoms with E-state index in [1.807, 2.05) is 35.0 Å². The number of amides is 1. The Kier molecular flexibility index (Phi) is 4.65. The van der Waals surface area contributed by atoms with Crippen molar-refractivity contribution in [3.05, 3.63) is 78.1 Å². The highest BCUT2D eigenvalue weighted by molar-refractivity contribution is 5.76. The van der Waals surface area contributed by atoms with Crippen LogP contribution in [0.3, 0.4) is 0 Å². The molecule has 136 valence electrons. The Morgan fingerprint density at radius 1 is 1.19 bits per heavy atom. The van der Waals surface area contributed by atoms with Gasteiger partial charge in [0.15, 0.2) is 0 Å². The average molecular weight is 363 g/mol. The highest BCUT2D eigenvalue weighted by atomic mass is 19.1. The fraction of sp³-hybridized carbons (Fsp3) is 0.150. The summed E-state index contributed by atoms with van der Waals surface area (Å²) in [4.78, 5) is 16.7. The lowest BCUT2D eigenvalue weighted by molar-refractivity contribution is -0.121. The fourth-order valence-corrected chi connectivity index (χ4v) is 2.94. The number of pyridine rings is 1. The van der Waals surface area contributed by atoms with Gasteiger partial charge in [-0.1, -0.05) is 6.07 Å². The molecular weight excluding hydrogens is 345 g/mol. The summed E-state index contributed by atoms with van der Waals surface area (Å²) < 4.78 is 15.0. The smallest absolute Gasteiger partial charge is 0.220 e. The molecule has 0 unspecified atom stereocenters. The van der Waals surface area contributed by atoms with Crippen LogP contribution in [0.2, 0.25) is 0 Å². The van der Waals surface area contributed by atoms with E-state index in [1.54, 1.807) is 18.3 Å². The monoisotopic (exact) mass is 363 g/mol. The minimum Gasteiger partial charge on any atom is -0.352 e. The van der Waals surface area contributed by atoms with Crippen molar-refractivity contribution in [3.8, 4) is 11.3 Å².